The van der Waals surface area contributed by atoms with Gasteiger partial charge in [-0.1, -0.05) is 36.9 Å². The number of amides is 2. The molecule has 2 aromatic rings. The maximum atomic E-state index is 12.7. The van der Waals surface area contributed by atoms with Crippen LogP contribution in [0.2, 0.25) is 0 Å². The van der Waals surface area contributed by atoms with E-state index in [0.29, 0.717) is 18.7 Å². The second-order valence-electron chi connectivity index (χ2n) is 6.19. The van der Waals surface area contributed by atoms with Crippen LogP contribution in [0.1, 0.15) is 24.6 Å². The predicted molar refractivity (Wildman–Crippen MR) is 104 cm³/mol. The lowest BCUT2D eigenvalue weighted by molar-refractivity contribution is -0.141. The first-order valence-corrected chi connectivity index (χ1v) is 9.85. The van der Waals surface area contributed by atoms with E-state index in [1.807, 2.05) is 26.0 Å². The molecule has 0 aliphatic heterocycles. The summed E-state index contributed by atoms with van der Waals surface area (Å²) in [4.78, 5) is 33.4. The standard InChI is InChI=1S/C19H21F3N4O2S/c1-3-10-26(11-16(27)24-14-7-5-4-6-13(14)2)17(28)12-29-18-23-9-8-15(25-18)19(20,21)22/h4-9H,3,10-12H2,1-2H3,(H,24,27). The number of hydrogen-bond donors (Lipinski definition) is 1. The zero-order valence-electron chi connectivity index (χ0n) is 16.0. The molecule has 0 atom stereocenters. The van der Waals surface area contributed by atoms with Gasteiger partial charge in [0.05, 0.1) is 12.3 Å². The normalized spacial score (nSPS) is 11.2. The Bertz CT molecular complexity index is 861. The second kappa shape index (κ2) is 10.2. The highest BCUT2D eigenvalue weighted by atomic mass is 32.2. The molecule has 0 spiro atoms. The fraction of sp³-hybridized carbons (Fsp3) is 0.368. The topological polar surface area (TPSA) is 75.2 Å². The number of anilines is 1. The molecule has 1 N–H and O–H groups in total. The quantitative estimate of drug-likeness (QED) is 0.514. The van der Waals surface area contributed by atoms with Gasteiger partial charge < -0.3 is 10.2 Å². The largest absolute Gasteiger partial charge is 0.433 e. The molecule has 1 heterocycles. The first-order chi connectivity index (χ1) is 13.7. The molecule has 29 heavy (non-hydrogen) atoms. The minimum absolute atomic E-state index is 0.144. The highest BCUT2D eigenvalue weighted by Gasteiger charge is 2.32. The highest BCUT2D eigenvalue weighted by molar-refractivity contribution is 7.99. The van der Waals surface area contributed by atoms with Gasteiger partial charge in [0, 0.05) is 18.4 Å². The van der Waals surface area contributed by atoms with Crippen molar-refractivity contribution in [2.45, 2.75) is 31.6 Å². The summed E-state index contributed by atoms with van der Waals surface area (Å²) in [6, 6.07) is 8.04. The molecule has 0 radical (unpaired) electrons. The number of halogens is 3. The van der Waals surface area contributed by atoms with Crippen LogP contribution in [-0.2, 0) is 15.8 Å². The Kier molecular flexibility index (Phi) is 8.00. The molecule has 10 heteroatoms. The van der Waals surface area contributed by atoms with Crippen LogP contribution >= 0.6 is 11.8 Å². The number of rotatable bonds is 8. The number of alkyl halides is 3. The van der Waals surface area contributed by atoms with E-state index in [1.165, 1.54) is 4.90 Å². The molecule has 6 nitrogen and oxygen atoms in total. The van der Waals surface area contributed by atoms with Gasteiger partial charge in [-0.3, -0.25) is 9.59 Å². The van der Waals surface area contributed by atoms with Gasteiger partial charge in [0.1, 0.15) is 5.69 Å². The van der Waals surface area contributed by atoms with E-state index in [9.17, 15) is 22.8 Å². The SMILES string of the molecule is CCCN(CC(=O)Nc1ccccc1C)C(=O)CSc1nccc(C(F)(F)F)n1. The zero-order valence-corrected chi connectivity index (χ0v) is 16.8. The van der Waals surface area contributed by atoms with Crippen LogP contribution in [0.4, 0.5) is 18.9 Å². The number of benzene rings is 1. The third-order valence-electron chi connectivity index (χ3n) is 3.85. The Hall–Kier alpha value is -2.62. The maximum absolute atomic E-state index is 12.7. The number of hydrogen-bond acceptors (Lipinski definition) is 5. The van der Waals surface area contributed by atoms with E-state index in [2.05, 4.69) is 15.3 Å². The molecule has 1 aromatic heterocycles. The van der Waals surface area contributed by atoms with Gasteiger partial charge in [0.25, 0.3) is 0 Å². The molecule has 2 rings (SSSR count). The van der Waals surface area contributed by atoms with Crippen molar-refractivity contribution in [3.05, 3.63) is 47.8 Å². The van der Waals surface area contributed by atoms with Gasteiger partial charge in [-0.05, 0) is 31.0 Å². The van der Waals surface area contributed by atoms with Crippen LogP contribution in [0.15, 0.2) is 41.7 Å². The third kappa shape index (κ3) is 7.04. The molecule has 0 bridgehead atoms. The summed E-state index contributed by atoms with van der Waals surface area (Å²) < 4.78 is 38.2. The number of carbonyl (C=O) groups is 2. The molecule has 0 aliphatic rings. The number of para-hydroxylation sites is 1. The Balaban J connectivity index is 1.97. The van der Waals surface area contributed by atoms with Crippen molar-refractivity contribution in [2.24, 2.45) is 0 Å². The van der Waals surface area contributed by atoms with E-state index in [1.54, 1.807) is 12.1 Å². The molecule has 156 valence electrons. The number of nitrogens with one attached hydrogen (secondary N) is 1. The van der Waals surface area contributed by atoms with Crippen LogP contribution in [0.25, 0.3) is 0 Å². The van der Waals surface area contributed by atoms with Gasteiger partial charge in [-0.2, -0.15) is 13.2 Å². The van der Waals surface area contributed by atoms with Gasteiger partial charge in [0.2, 0.25) is 11.8 Å². The van der Waals surface area contributed by atoms with Gasteiger partial charge in [0.15, 0.2) is 5.16 Å². The first-order valence-electron chi connectivity index (χ1n) is 8.87. The fourth-order valence-corrected chi connectivity index (χ4v) is 3.16. The molecule has 0 saturated heterocycles. The highest BCUT2D eigenvalue weighted by Crippen LogP contribution is 2.28. The smallest absolute Gasteiger partial charge is 0.333 e. The Morgan fingerprint density at radius 2 is 1.93 bits per heavy atom. The second-order valence-corrected chi connectivity index (χ2v) is 7.13. The number of thioether (sulfide) groups is 1. The van der Waals surface area contributed by atoms with Crippen molar-refractivity contribution in [1.82, 2.24) is 14.9 Å². The lowest BCUT2D eigenvalue weighted by Gasteiger charge is -2.21. The molecular formula is C19H21F3N4O2S. The van der Waals surface area contributed by atoms with E-state index in [0.717, 1.165) is 29.6 Å². The maximum Gasteiger partial charge on any atom is 0.433 e. The van der Waals surface area contributed by atoms with E-state index < -0.39 is 11.9 Å². The Morgan fingerprint density at radius 1 is 1.21 bits per heavy atom. The summed E-state index contributed by atoms with van der Waals surface area (Å²) in [7, 11) is 0. The summed E-state index contributed by atoms with van der Waals surface area (Å²) >= 11 is 0.801. The molecule has 0 unspecified atom stereocenters. The molecule has 0 aliphatic carbocycles. The first kappa shape index (κ1) is 22.7. The molecule has 0 saturated carbocycles. The number of aryl methyl sites for hydroxylation is 1. The molecule has 0 fully saturated rings. The molecular weight excluding hydrogens is 405 g/mol. The van der Waals surface area contributed by atoms with E-state index in [4.69, 9.17) is 0 Å². The fourth-order valence-electron chi connectivity index (χ4n) is 2.42. The van der Waals surface area contributed by atoms with Crippen molar-refractivity contribution in [3.8, 4) is 0 Å². The van der Waals surface area contributed by atoms with Crippen LogP contribution < -0.4 is 5.32 Å². The summed E-state index contributed by atoms with van der Waals surface area (Å²) in [5.74, 6) is -0.891. The van der Waals surface area contributed by atoms with Crippen molar-refractivity contribution >= 4 is 29.3 Å². The Morgan fingerprint density at radius 3 is 2.59 bits per heavy atom. The van der Waals surface area contributed by atoms with Gasteiger partial charge in [-0.15, -0.1) is 0 Å². The van der Waals surface area contributed by atoms with E-state index in [-0.39, 0.29) is 29.3 Å². The van der Waals surface area contributed by atoms with Crippen LogP contribution in [0.3, 0.4) is 0 Å². The third-order valence-corrected chi connectivity index (χ3v) is 4.69. The summed E-state index contributed by atoms with van der Waals surface area (Å²) in [6.07, 6.45) is -2.94. The monoisotopic (exact) mass is 426 g/mol. The minimum atomic E-state index is -4.58. The van der Waals surface area contributed by atoms with Crippen molar-refractivity contribution < 1.29 is 22.8 Å². The van der Waals surface area contributed by atoms with Crippen molar-refractivity contribution in [3.63, 3.8) is 0 Å². The van der Waals surface area contributed by atoms with Gasteiger partial charge in [-0.25, -0.2) is 9.97 Å². The van der Waals surface area contributed by atoms with E-state index >= 15 is 0 Å². The van der Waals surface area contributed by atoms with Crippen LogP contribution in [0.5, 0.6) is 0 Å². The Labute approximate surface area is 170 Å². The molecule has 2 amide bonds. The minimum Gasteiger partial charge on any atom is -0.333 e. The average molecular weight is 426 g/mol. The zero-order chi connectivity index (χ0) is 21.4. The van der Waals surface area contributed by atoms with Gasteiger partial charge >= 0.3 is 6.18 Å². The summed E-state index contributed by atoms with van der Waals surface area (Å²) in [5.41, 5.74) is 0.491. The van der Waals surface area contributed by atoms with Crippen molar-refractivity contribution in [1.29, 1.82) is 0 Å². The van der Waals surface area contributed by atoms with Crippen LogP contribution in [-0.4, -0.2) is 45.5 Å². The molecule has 1 aromatic carbocycles. The summed E-state index contributed by atoms with van der Waals surface area (Å²) in [6.45, 7) is 3.92. The lowest BCUT2D eigenvalue weighted by Crippen LogP contribution is -2.39. The number of carbonyl (C=O) groups excluding carboxylic acids is 2. The average Bonchev–Trinajstić information content (AvgIpc) is 2.67. The predicted octanol–water partition coefficient (Wildman–Crippen LogP) is 3.77. The lowest BCUT2D eigenvalue weighted by atomic mass is 10.2. The van der Waals surface area contributed by atoms with Crippen LogP contribution in [0, 0.1) is 6.92 Å². The number of aromatic nitrogens is 2. The number of nitrogens with zero attached hydrogens (tertiary/aromatic N) is 3. The van der Waals surface area contributed by atoms with Crippen molar-refractivity contribution in [2.75, 3.05) is 24.2 Å². The summed E-state index contributed by atoms with van der Waals surface area (Å²) in [5, 5.41) is 2.62.